The van der Waals surface area contributed by atoms with Crippen LogP contribution in [0.3, 0.4) is 0 Å². The summed E-state index contributed by atoms with van der Waals surface area (Å²) in [5.74, 6) is -0.00949. The molecule has 1 amide bonds. The van der Waals surface area contributed by atoms with Crippen LogP contribution < -0.4 is 5.32 Å². The molecule has 5 heteroatoms. The van der Waals surface area contributed by atoms with E-state index in [-0.39, 0.29) is 11.4 Å². The molecule has 2 rings (SSSR count). The highest BCUT2D eigenvalue weighted by Gasteiger charge is 2.37. The van der Waals surface area contributed by atoms with Crippen molar-refractivity contribution in [2.24, 2.45) is 7.05 Å². The van der Waals surface area contributed by atoms with Crippen molar-refractivity contribution in [3.8, 4) is 0 Å². The summed E-state index contributed by atoms with van der Waals surface area (Å²) in [7, 11) is 1.83. The molecule has 1 aromatic rings. The van der Waals surface area contributed by atoms with Crippen molar-refractivity contribution in [3.05, 3.63) is 17.5 Å². The van der Waals surface area contributed by atoms with Gasteiger partial charge in [-0.05, 0) is 26.2 Å². The van der Waals surface area contributed by atoms with E-state index in [1.807, 2.05) is 14.0 Å². The number of hydrogen-bond acceptors (Lipinski definition) is 2. The van der Waals surface area contributed by atoms with Crippen molar-refractivity contribution < 1.29 is 4.79 Å². The molecule has 0 bridgehead atoms. The summed E-state index contributed by atoms with van der Waals surface area (Å²) in [5, 5.41) is 8.11. The predicted octanol–water partition coefficient (Wildman–Crippen LogP) is 1.78. The molecular weight excluding hydrogens is 270 g/mol. The first-order chi connectivity index (χ1) is 7.56. The zero-order valence-corrected chi connectivity index (χ0v) is 11.2. The lowest BCUT2D eigenvalue weighted by molar-refractivity contribution is 0.0856. The molecule has 1 fully saturated rings. The first-order valence-corrected chi connectivity index (χ1v) is 6.57. The lowest BCUT2D eigenvalue weighted by Crippen LogP contribution is -2.54. The minimum absolute atomic E-state index is 0.00949. The Kier molecular flexibility index (Phi) is 3.06. The normalized spacial score (nSPS) is 17.9. The standard InChI is InChI=1S/C11H16BrN3O/c1-8-9(6-15(2)14-8)10(16)13-11(7-12)4-3-5-11/h6H,3-5,7H2,1-2H3,(H,13,16). The van der Waals surface area contributed by atoms with Crippen molar-refractivity contribution in [1.29, 1.82) is 0 Å². The molecule has 0 unspecified atom stereocenters. The molecule has 16 heavy (non-hydrogen) atoms. The molecule has 1 aliphatic carbocycles. The molecule has 0 aliphatic heterocycles. The number of hydrogen-bond donors (Lipinski definition) is 1. The van der Waals surface area contributed by atoms with Gasteiger partial charge in [-0.25, -0.2) is 0 Å². The van der Waals surface area contributed by atoms with E-state index >= 15 is 0 Å². The number of alkyl halides is 1. The number of nitrogens with one attached hydrogen (secondary N) is 1. The number of aromatic nitrogens is 2. The van der Waals surface area contributed by atoms with Crippen LogP contribution in [-0.4, -0.2) is 26.6 Å². The summed E-state index contributed by atoms with van der Waals surface area (Å²) in [6.45, 7) is 1.86. The van der Waals surface area contributed by atoms with Crippen LogP contribution in [0.25, 0.3) is 0 Å². The Hall–Kier alpha value is -0.840. The van der Waals surface area contributed by atoms with Gasteiger partial charge in [0.2, 0.25) is 0 Å². The zero-order chi connectivity index (χ0) is 11.8. The molecule has 0 saturated heterocycles. The SMILES string of the molecule is Cc1nn(C)cc1C(=O)NC1(CBr)CCC1. The smallest absolute Gasteiger partial charge is 0.255 e. The van der Waals surface area contributed by atoms with Gasteiger partial charge in [0.25, 0.3) is 5.91 Å². The van der Waals surface area contributed by atoms with Gasteiger partial charge in [-0.2, -0.15) is 5.10 Å². The van der Waals surface area contributed by atoms with Crippen LogP contribution in [0.2, 0.25) is 0 Å². The molecular formula is C11H16BrN3O. The predicted molar refractivity (Wildman–Crippen MR) is 65.8 cm³/mol. The monoisotopic (exact) mass is 285 g/mol. The average Bonchev–Trinajstić information content (AvgIpc) is 2.51. The minimum Gasteiger partial charge on any atom is -0.346 e. The Morgan fingerprint density at radius 1 is 1.69 bits per heavy atom. The van der Waals surface area contributed by atoms with Crippen molar-refractivity contribution in [3.63, 3.8) is 0 Å². The third kappa shape index (κ3) is 2.00. The number of carbonyl (C=O) groups excluding carboxylic acids is 1. The van der Waals surface area contributed by atoms with Crippen LogP contribution in [0.5, 0.6) is 0 Å². The molecule has 1 heterocycles. The maximum absolute atomic E-state index is 12.1. The Labute approximate surface area is 104 Å². The molecule has 1 aromatic heterocycles. The number of halogens is 1. The van der Waals surface area contributed by atoms with Crippen LogP contribution in [0.1, 0.15) is 35.3 Å². The largest absolute Gasteiger partial charge is 0.346 e. The first-order valence-electron chi connectivity index (χ1n) is 5.45. The van der Waals surface area contributed by atoms with E-state index in [9.17, 15) is 4.79 Å². The first kappa shape index (κ1) is 11.6. The minimum atomic E-state index is -0.0284. The fraction of sp³-hybridized carbons (Fsp3) is 0.636. The van der Waals surface area contributed by atoms with E-state index in [2.05, 4.69) is 26.3 Å². The maximum atomic E-state index is 12.1. The van der Waals surface area contributed by atoms with E-state index in [0.29, 0.717) is 5.56 Å². The molecule has 0 spiro atoms. The van der Waals surface area contributed by atoms with E-state index in [4.69, 9.17) is 0 Å². The molecule has 4 nitrogen and oxygen atoms in total. The van der Waals surface area contributed by atoms with Crippen molar-refractivity contribution in [2.45, 2.75) is 31.7 Å². The van der Waals surface area contributed by atoms with Crippen LogP contribution in [0.4, 0.5) is 0 Å². The summed E-state index contributed by atoms with van der Waals surface area (Å²) in [4.78, 5) is 12.1. The van der Waals surface area contributed by atoms with Gasteiger partial charge in [-0.15, -0.1) is 0 Å². The van der Waals surface area contributed by atoms with E-state index in [0.717, 1.165) is 23.9 Å². The second-order valence-corrected chi connectivity index (χ2v) is 5.08. The summed E-state index contributed by atoms with van der Waals surface area (Å²) in [6.07, 6.45) is 5.08. The van der Waals surface area contributed by atoms with Gasteiger partial charge >= 0.3 is 0 Å². The van der Waals surface area contributed by atoms with Gasteiger partial charge in [0, 0.05) is 18.6 Å². The molecule has 0 aromatic carbocycles. The number of aryl methyl sites for hydroxylation is 2. The fourth-order valence-corrected chi connectivity index (χ4v) is 2.73. The van der Waals surface area contributed by atoms with E-state index in [1.165, 1.54) is 6.42 Å². The second kappa shape index (κ2) is 4.20. The second-order valence-electron chi connectivity index (χ2n) is 4.52. The van der Waals surface area contributed by atoms with Gasteiger partial charge < -0.3 is 5.32 Å². The molecule has 0 radical (unpaired) electrons. The van der Waals surface area contributed by atoms with Gasteiger partial charge in [-0.1, -0.05) is 15.9 Å². The lowest BCUT2D eigenvalue weighted by atomic mass is 9.78. The topological polar surface area (TPSA) is 46.9 Å². The van der Waals surface area contributed by atoms with Gasteiger partial charge in [0.05, 0.1) is 16.8 Å². The van der Waals surface area contributed by atoms with Crippen LogP contribution in [0, 0.1) is 6.92 Å². The highest BCUT2D eigenvalue weighted by molar-refractivity contribution is 9.09. The van der Waals surface area contributed by atoms with Gasteiger partial charge in [-0.3, -0.25) is 9.48 Å². The Morgan fingerprint density at radius 3 is 2.75 bits per heavy atom. The van der Waals surface area contributed by atoms with Crippen molar-refractivity contribution in [1.82, 2.24) is 15.1 Å². The van der Waals surface area contributed by atoms with Crippen LogP contribution in [-0.2, 0) is 7.05 Å². The lowest BCUT2D eigenvalue weighted by Gasteiger charge is -2.41. The average molecular weight is 286 g/mol. The van der Waals surface area contributed by atoms with Crippen molar-refractivity contribution in [2.75, 3.05) is 5.33 Å². The number of amides is 1. The summed E-state index contributed by atoms with van der Waals surface area (Å²) >= 11 is 3.47. The number of nitrogens with zero attached hydrogens (tertiary/aromatic N) is 2. The zero-order valence-electron chi connectivity index (χ0n) is 9.59. The Bertz CT molecular complexity index is 404. The quantitative estimate of drug-likeness (QED) is 0.861. The van der Waals surface area contributed by atoms with E-state index < -0.39 is 0 Å². The molecule has 0 atom stereocenters. The molecule has 1 saturated carbocycles. The molecule has 1 aliphatic rings. The summed E-state index contributed by atoms with van der Waals surface area (Å²) < 4.78 is 1.67. The van der Waals surface area contributed by atoms with Gasteiger partial charge in [0.1, 0.15) is 0 Å². The highest BCUT2D eigenvalue weighted by atomic mass is 79.9. The third-order valence-corrected chi connectivity index (χ3v) is 4.28. The van der Waals surface area contributed by atoms with Crippen LogP contribution in [0.15, 0.2) is 6.20 Å². The number of carbonyl (C=O) groups is 1. The molecule has 1 N–H and O–H groups in total. The molecule has 88 valence electrons. The highest BCUT2D eigenvalue weighted by Crippen LogP contribution is 2.33. The third-order valence-electron chi connectivity index (χ3n) is 3.20. The van der Waals surface area contributed by atoms with E-state index in [1.54, 1.807) is 10.9 Å². The summed E-state index contributed by atoms with van der Waals surface area (Å²) in [5.41, 5.74) is 1.43. The Balaban J connectivity index is 2.11. The van der Waals surface area contributed by atoms with Crippen LogP contribution >= 0.6 is 15.9 Å². The Morgan fingerprint density at radius 2 is 2.38 bits per heavy atom. The fourth-order valence-electron chi connectivity index (χ4n) is 2.03. The van der Waals surface area contributed by atoms with Gasteiger partial charge in [0.15, 0.2) is 0 Å². The number of rotatable bonds is 3. The maximum Gasteiger partial charge on any atom is 0.255 e. The van der Waals surface area contributed by atoms with Crippen molar-refractivity contribution >= 4 is 21.8 Å². The summed E-state index contributed by atoms with van der Waals surface area (Å²) in [6, 6.07) is 0.